The van der Waals surface area contributed by atoms with Gasteiger partial charge in [0.25, 0.3) is 5.91 Å². The van der Waals surface area contributed by atoms with E-state index >= 15 is 0 Å². The second-order valence-electron chi connectivity index (χ2n) is 10.0. The number of Topliss-reactive ketones (excluding diaryl/α,β-unsaturated/α-hetero) is 2. The lowest BCUT2D eigenvalue weighted by Crippen LogP contribution is -2.65. The number of aliphatic hydroxyl groups excluding tert-OH is 2. The number of phenolic OH excluding ortho intramolecular Hbond substituents is 1. The molecule has 36 heavy (non-hydrogen) atoms. The number of carbonyl (C=O) groups excluding carboxylic acids is 3. The molecule has 0 aromatic heterocycles. The number of phenols is 1. The lowest BCUT2D eigenvalue weighted by Gasteiger charge is -2.50. The van der Waals surface area contributed by atoms with Crippen LogP contribution in [0.2, 0.25) is 0 Å². The van der Waals surface area contributed by atoms with Crippen LogP contribution in [0.25, 0.3) is 5.76 Å². The van der Waals surface area contributed by atoms with Crippen molar-refractivity contribution in [3.63, 3.8) is 0 Å². The van der Waals surface area contributed by atoms with Gasteiger partial charge in [-0.1, -0.05) is 19.9 Å². The number of nitrogens with two attached hydrogens (primary N) is 1. The second-order valence-corrected chi connectivity index (χ2v) is 10.0. The predicted octanol–water partition coefficient (Wildman–Crippen LogP) is 0.806. The minimum Gasteiger partial charge on any atom is -0.508 e. The third kappa shape index (κ3) is 3.55. The molecule has 1 unspecified atom stereocenters. The van der Waals surface area contributed by atoms with E-state index in [1.165, 1.54) is 11.0 Å². The minimum absolute atomic E-state index is 0.0755. The molecule has 0 heterocycles. The SMILES string of the molecule is CCN(CC)Cc1ccc(O)c2c1C[C@H]1C[C@H]3C(N(C)C)C(=O)C(C(N)=O)=C(O)[C@@]3(O)C(=O)C1=C2O. The van der Waals surface area contributed by atoms with Gasteiger partial charge in [0.2, 0.25) is 5.78 Å². The van der Waals surface area contributed by atoms with E-state index in [-0.39, 0.29) is 23.3 Å². The first-order chi connectivity index (χ1) is 16.9. The molecule has 3 aliphatic rings. The normalized spacial score (nSPS) is 27.9. The molecule has 0 saturated heterocycles. The molecule has 6 N–H and O–H groups in total. The molecular formula is C26H33N3O7. The molecule has 10 heteroatoms. The van der Waals surface area contributed by atoms with E-state index in [2.05, 4.69) is 4.90 Å². The Kier molecular flexibility index (Phi) is 6.48. The van der Waals surface area contributed by atoms with Crippen LogP contribution < -0.4 is 5.73 Å². The maximum atomic E-state index is 13.8. The summed E-state index contributed by atoms with van der Waals surface area (Å²) in [7, 11) is 3.15. The van der Waals surface area contributed by atoms with Crippen LogP contribution >= 0.6 is 0 Å². The molecule has 1 aromatic rings. The Hall–Kier alpha value is -3.21. The molecule has 0 aliphatic heterocycles. The molecule has 1 saturated carbocycles. The van der Waals surface area contributed by atoms with Crippen LogP contribution in [0.1, 0.15) is 37.0 Å². The van der Waals surface area contributed by atoms with Crippen LogP contribution in [0.3, 0.4) is 0 Å². The summed E-state index contributed by atoms with van der Waals surface area (Å²) in [6.07, 6.45) is 0.367. The van der Waals surface area contributed by atoms with Crippen molar-refractivity contribution in [3.8, 4) is 5.75 Å². The quantitative estimate of drug-likeness (QED) is 0.356. The Morgan fingerprint density at radius 3 is 2.33 bits per heavy atom. The standard InChI is InChI=1S/C26H33N3O7/c1-5-29(6-2)11-12-7-8-16(30)18-14(12)9-13-10-15-20(28(3)4)22(32)19(25(27)35)24(34)26(15,36)23(33)17(13)21(18)31/h7-8,13,15,20,30-31,34,36H,5-6,9-11H2,1-4H3,(H2,27,35)/t13-,15-,20?,26-/m0/s1. The zero-order valence-corrected chi connectivity index (χ0v) is 20.9. The molecule has 3 aliphatic carbocycles. The fourth-order valence-corrected chi connectivity index (χ4v) is 6.14. The summed E-state index contributed by atoms with van der Waals surface area (Å²) in [5.74, 6) is -6.44. The Labute approximate surface area is 209 Å². The molecule has 4 atom stereocenters. The van der Waals surface area contributed by atoms with Crippen molar-refractivity contribution in [1.29, 1.82) is 0 Å². The highest BCUT2D eigenvalue weighted by molar-refractivity contribution is 6.24. The third-order valence-electron chi connectivity index (χ3n) is 7.99. The van der Waals surface area contributed by atoms with Crippen molar-refractivity contribution >= 4 is 23.2 Å². The van der Waals surface area contributed by atoms with E-state index in [1.807, 2.05) is 13.8 Å². The largest absolute Gasteiger partial charge is 0.508 e. The van der Waals surface area contributed by atoms with Crippen LogP contribution in [-0.2, 0) is 27.3 Å². The Balaban J connectivity index is 1.92. The first kappa shape index (κ1) is 25.9. The highest BCUT2D eigenvalue weighted by atomic mass is 16.3. The number of aromatic hydroxyl groups is 1. The van der Waals surface area contributed by atoms with Gasteiger partial charge in [-0.2, -0.15) is 0 Å². The highest BCUT2D eigenvalue weighted by Crippen LogP contribution is 2.52. The van der Waals surface area contributed by atoms with Crippen molar-refractivity contribution in [3.05, 3.63) is 45.7 Å². The highest BCUT2D eigenvalue weighted by Gasteiger charge is 2.64. The van der Waals surface area contributed by atoms with Gasteiger partial charge >= 0.3 is 0 Å². The first-order valence-corrected chi connectivity index (χ1v) is 12.1. The van der Waals surface area contributed by atoms with E-state index in [4.69, 9.17) is 5.73 Å². The lowest BCUT2D eigenvalue weighted by atomic mass is 9.57. The van der Waals surface area contributed by atoms with E-state index in [9.17, 15) is 34.8 Å². The van der Waals surface area contributed by atoms with Gasteiger partial charge in [-0.25, -0.2) is 0 Å². The Bertz CT molecular complexity index is 1210. The van der Waals surface area contributed by atoms with Gasteiger partial charge in [-0.15, -0.1) is 0 Å². The number of hydrogen-bond acceptors (Lipinski definition) is 9. The van der Waals surface area contributed by atoms with Crippen LogP contribution in [0.4, 0.5) is 0 Å². The fraction of sp³-hybridized carbons (Fsp3) is 0.500. The van der Waals surface area contributed by atoms with Gasteiger partial charge in [-0.05, 0) is 63.1 Å². The van der Waals surface area contributed by atoms with Gasteiger partial charge in [0.1, 0.15) is 22.8 Å². The van der Waals surface area contributed by atoms with E-state index < -0.39 is 58.0 Å². The summed E-state index contributed by atoms with van der Waals surface area (Å²) in [6, 6.07) is 2.16. The molecular weight excluding hydrogens is 466 g/mol. The number of carbonyl (C=O) groups is 3. The number of likely N-dealkylation sites (N-methyl/N-ethyl adjacent to an activating group) is 1. The fourth-order valence-electron chi connectivity index (χ4n) is 6.14. The summed E-state index contributed by atoms with van der Waals surface area (Å²) in [4.78, 5) is 42.7. The number of rotatable bonds is 6. The topological polar surface area (TPSA) is 165 Å². The number of hydrogen-bond donors (Lipinski definition) is 5. The van der Waals surface area contributed by atoms with E-state index in [0.717, 1.165) is 18.7 Å². The van der Waals surface area contributed by atoms with Crippen molar-refractivity contribution in [1.82, 2.24) is 9.80 Å². The van der Waals surface area contributed by atoms with Crippen molar-refractivity contribution in [2.75, 3.05) is 27.2 Å². The van der Waals surface area contributed by atoms with Crippen LogP contribution in [-0.4, -0.2) is 86.5 Å². The van der Waals surface area contributed by atoms with Crippen LogP contribution in [0.15, 0.2) is 29.0 Å². The van der Waals surface area contributed by atoms with Crippen molar-refractivity contribution < 1.29 is 34.8 Å². The van der Waals surface area contributed by atoms with Gasteiger partial charge in [0.05, 0.1) is 11.6 Å². The first-order valence-electron chi connectivity index (χ1n) is 12.1. The average Bonchev–Trinajstić information content (AvgIpc) is 2.80. The van der Waals surface area contributed by atoms with Crippen molar-refractivity contribution in [2.45, 2.75) is 44.9 Å². The molecule has 4 rings (SSSR count). The number of benzene rings is 1. The number of amides is 1. The predicted molar refractivity (Wildman–Crippen MR) is 131 cm³/mol. The van der Waals surface area contributed by atoms with E-state index in [1.54, 1.807) is 20.2 Å². The molecule has 1 aromatic carbocycles. The Morgan fingerprint density at radius 2 is 1.78 bits per heavy atom. The average molecular weight is 500 g/mol. The molecule has 10 nitrogen and oxygen atoms in total. The van der Waals surface area contributed by atoms with Crippen LogP contribution in [0, 0.1) is 11.8 Å². The van der Waals surface area contributed by atoms with Gasteiger partial charge in [-0.3, -0.25) is 24.2 Å². The van der Waals surface area contributed by atoms with Crippen LogP contribution in [0.5, 0.6) is 5.75 Å². The lowest BCUT2D eigenvalue weighted by molar-refractivity contribution is -0.153. The number of fused-ring (bicyclic) bond motifs is 3. The van der Waals surface area contributed by atoms with Gasteiger partial charge in [0.15, 0.2) is 11.4 Å². The smallest absolute Gasteiger partial charge is 0.255 e. The Morgan fingerprint density at radius 1 is 1.14 bits per heavy atom. The molecule has 0 spiro atoms. The monoisotopic (exact) mass is 499 g/mol. The molecule has 1 amide bonds. The van der Waals surface area contributed by atoms with Gasteiger partial charge in [0, 0.05) is 18.0 Å². The number of aliphatic hydroxyl groups is 3. The van der Waals surface area contributed by atoms with Crippen molar-refractivity contribution in [2.24, 2.45) is 17.6 Å². The number of primary amides is 1. The molecule has 0 radical (unpaired) electrons. The summed E-state index contributed by atoms with van der Waals surface area (Å²) in [5.41, 5.74) is 3.47. The number of nitrogens with zero attached hydrogens (tertiary/aromatic N) is 2. The minimum atomic E-state index is -2.63. The maximum Gasteiger partial charge on any atom is 0.255 e. The maximum absolute atomic E-state index is 13.8. The van der Waals surface area contributed by atoms with E-state index in [0.29, 0.717) is 18.5 Å². The number of ketones is 2. The zero-order chi connectivity index (χ0) is 26.7. The zero-order valence-electron chi connectivity index (χ0n) is 20.9. The molecule has 194 valence electrons. The molecule has 1 fully saturated rings. The summed E-state index contributed by atoms with van der Waals surface area (Å²) >= 11 is 0. The van der Waals surface area contributed by atoms with Gasteiger partial charge < -0.3 is 26.2 Å². The summed E-state index contributed by atoms with van der Waals surface area (Å²) in [6.45, 7) is 6.26. The molecule has 0 bridgehead atoms. The second kappa shape index (κ2) is 9.02. The summed E-state index contributed by atoms with van der Waals surface area (Å²) < 4.78 is 0. The third-order valence-corrected chi connectivity index (χ3v) is 7.99. The summed E-state index contributed by atoms with van der Waals surface area (Å²) in [5, 5.41) is 44.4.